The molecule has 234 valence electrons. The molecule has 15 nitrogen and oxygen atoms in total. The van der Waals surface area contributed by atoms with E-state index < -0.39 is 111 Å². The molecule has 3 saturated heterocycles. The number of hydrogen-bond acceptors (Lipinski definition) is 15. The lowest BCUT2D eigenvalue weighted by molar-refractivity contribution is -0.242. The molecule has 0 bridgehead atoms. The Bertz CT molecular complexity index is 1000. The Hall–Kier alpha value is 0.0800. The molecule has 0 amide bonds. The Balaban J connectivity index is 1.99. The van der Waals surface area contributed by atoms with Crippen molar-refractivity contribution in [3.63, 3.8) is 0 Å². The molecule has 0 aliphatic carbocycles. The van der Waals surface area contributed by atoms with Crippen molar-refractivity contribution >= 4 is 45.2 Å². The van der Waals surface area contributed by atoms with Crippen molar-refractivity contribution in [3.8, 4) is 0 Å². The van der Waals surface area contributed by atoms with Gasteiger partial charge in [-0.05, 0) is 56.8 Å². The largest absolute Gasteiger partial charge is 0.394 e. The molecular formula is C24H34I2O15. The quantitative estimate of drug-likeness (QED) is 0.121. The van der Waals surface area contributed by atoms with Crippen LogP contribution in [-0.4, -0.2) is 154 Å². The minimum atomic E-state index is -1.88. The first kappa shape index (κ1) is 34.0. The SMILES string of the molecule is OC[C@H]1OC(c2c(I)cc(I)c(C3O[C@H](CO)[C@@H](O)[C@H](O)[C@H]3O)c2C2O[C@H](CO)[C@@H](O)[C@H](O)[C@H]2O)[C@H](O)[C@@H](O)[C@@H]1O. The highest BCUT2D eigenvalue weighted by Gasteiger charge is 2.52. The van der Waals surface area contributed by atoms with Crippen LogP contribution in [0, 0.1) is 7.14 Å². The molecule has 0 aromatic heterocycles. The van der Waals surface area contributed by atoms with Gasteiger partial charge in [0.15, 0.2) is 0 Å². The summed E-state index contributed by atoms with van der Waals surface area (Å²) in [4.78, 5) is 0. The van der Waals surface area contributed by atoms with Gasteiger partial charge in [0.2, 0.25) is 0 Å². The third kappa shape index (κ3) is 6.04. The Kier molecular flexibility index (Phi) is 11.3. The van der Waals surface area contributed by atoms with Gasteiger partial charge in [-0.15, -0.1) is 0 Å². The minimum absolute atomic E-state index is 0.0132. The highest BCUT2D eigenvalue weighted by atomic mass is 127. The van der Waals surface area contributed by atoms with Crippen molar-refractivity contribution in [1.82, 2.24) is 0 Å². The molecule has 15 atom stereocenters. The predicted octanol–water partition coefficient (Wildman–Crippen LogP) is -4.56. The topological polar surface area (TPSA) is 270 Å². The molecule has 1 aromatic rings. The molecule has 4 rings (SSSR count). The fourth-order valence-electron chi connectivity index (χ4n) is 5.57. The standard InChI is InChI=1S/C24H34I2O15/c25-5-1-6(26)11(23-20(37)17(34)14(31)8(3-28)40-23)12(24-21(38)18(35)15(32)9(4-29)41-24)10(5)22-19(36)16(33)13(30)7(2-27)39-22/h1,7-9,13-24,27-38H,2-4H2/t7-,8-,9-,13-,14-,15-,16+,17+,18+,19-,20-,21-,22?,23?,24?/m1/s1. The lowest BCUT2D eigenvalue weighted by atomic mass is 9.79. The molecule has 1 aromatic carbocycles. The number of rotatable bonds is 6. The lowest BCUT2D eigenvalue weighted by Gasteiger charge is -2.46. The predicted molar refractivity (Wildman–Crippen MR) is 150 cm³/mol. The van der Waals surface area contributed by atoms with Gasteiger partial charge in [-0.25, -0.2) is 0 Å². The zero-order chi connectivity index (χ0) is 30.5. The Morgan fingerprint density at radius 1 is 0.439 bits per heavy atom. The molecule has 3 heterocycles. The lowest BCUT2D eigenvalue weighted by Crippen LogP contribution is -2.58. The second-order valence-electron chi connectivity index (χ2n) is 10.3. The van der Waals surface area contributed by atoms with Crippen molar-refractivity contribution in [1.29, 1.82) is 0 Å². The van der Waals surface area contributed by atoms with Crippen molar-refractivity contribution in [3.05, 3.63) is 29.9 Å². The van der Waals surface area contributed by atoms with Gasteiger partial charge >= 0.3 is 0 Å². The first-order chi connectivity index (χ1) is 19.3. The molecule has 0 saturated carbocycles. The maximum absolute atomic E-state index is 11.1. The van der Waals surface area contributed by atoms with Gasteiger partial charge in [0.1, 0.15) is 91.6 Å². The maximum atomic E-state index is 11.1. The van der Waals surface area contributed by atoms with Gasteiger partial charge in [-0.2, -0.15) is 0 Å². The molecule has 3 aliphatic rings. The van der Waals surface area contributed by atoms with Crippen LogP contribution in [0.4, 0.5) is 0 Å². The molecule has 3 unspecified atom stereocenters. The average Bonchev–Trinajstić information content (AvgIpc) is 2.95. The number of hydrogen-bond donors (Lipinski definition) is 12. The summed E-state index contributed by atoms with van der Waals surface area (Å²) in [6.45, 7) is -2.29. The molecular weight excluding hydrogens is 782 g/mol. The normalized spacial score (nSPS) is 45.6. The fourth-order valence-corrected chi connectivity index (χ4v) is 7.99. The number of halogens is 2. The van der Waals surface area contributed by atoms with E-state index in [1.165, 1.54) is 0 Å². The summed E-state index contributed by atoms with van der Waals surface area (Å²) in [7, 11) is 0. The van der Waals surface area contributed by atoms with Crippen LogP contribution in [0.25, 0.3) is 0 Å². The van der Waals surface area contributed by atoms with Crippen molar-refractivity contribution in [2.24, 2.45) is 0 Å². The first-order valence-corrected chi connectivity index (χ1v) is 14.9. The summed E-state index contributed by atoms with van der Waals surface area (Å²) in [5.41, 5.74) is -0.0646. The van der Waals surface area contributed by atoms with E-state index in [4.69, 9.17) is 14.2 Å². The second-order valence-corrected chi connectivity index (χ2v) is 12.7. The first-order valence-electron chi connectivity index (χ1n) is 12.7. The van der Waals surface area contributed by atoms with E-state index in [9.17, 15) is 61.3 Å². The van der Waals surface area contributed by atoms with Crippen LogP contribution in [0.2, 0.25) is 0 Å². The molecule has 41 heavy (non-hydrogen) atoms. The Labute approximate surface area is 260 Å². The van der Waals surface area contributed by atoms with E-state index in [2.05, 4.69) is 0 Å². The van der Waals surface area contributed by atoms with Crippen LogP contribution in [-0.2, 0) is 14.2 Å². The van der Waals surface area contributed by atoms with Crippen LogP contribution in [0.5, 0.6) is 0 Å². The summed E-state index contributed by atoms with van der Waals surface area (Å²) in [5, 5.41) is 125. The number of aliphatic hydroxyl groups is 12. The van der Waals surface area contributed by atoms with Crippen LogP contribution in [0.15, 0.2) is 6.07 Å². The van der Waals surface area contributed by atoms with E-state index in [-0.39, 0.29) is 16.7 Å². The van der Waals surface area contributed by atoms with Gasteiger partial charge in [-0.1, -0.05) is 0 Å². The highest BCUT2D eigenvalue weighted by molar-refractivity contribution is 14.1. The second kappa shape index (κ2) is 13.6. The summed E-state index contributed by atoms with van der Waals surface area (Å²) < 4.78 is 18.1. The van der Waals surface area contributed by atoms with Gasteiger partial charge in [-0.3, -0.25) is 0 Å². The van der Waals surface area contributed by atoms with E-state index in [1.54, 1.807) is 6.07 Å². The molecule has 17 heteroatoms. The van der Waals surface area contributed by atoms with Crippen molar-refractivity contribution < 1.29 is 75.5 Å². The van der Waals surface area contributed by atoms with E-state index in [1.807, 2.05) is 45.2 Å². The average molecular weight is 816 g/mol. The van der Waals surface area contributed by atoms with Crippen molar-refractivity contribution in [2.45, 2.75) is 91.6 Å². The van der Waals surface area contributed by atoms with Crippen LogP contribution >= 0.6 is 45.2 Å². The van der Waals surface area contributed by atoms with Gasteiger partial charge in [0.25, 0.3) is 0 Å². The van der Waals surface area contributed by atoms with Gasteiger partial charge < -0.3 is 75.5 Å². The summed E-state index contributed by atoms with van der Waals surface area (Å²) in [6.07, 6.45) is -24.8. The monoisotopic (exact) mass is 816 g/mol. The van der Waals surface area contributed by atoms with E-state index in [0.717, 1.165) is 0 Å². The fraction of sp³-hybridized carbons (Fsp3) is 0.750. The third-order valence-corrected chi connectivity index (χ3v) is 9.66. The summed E-state index contributed by atoms with van der Waals surface area (Å²) in [6, 6.07) is 1.54. The van der Waals surface area contributed by atoms with E-state index >= 15 is 0 Å². The molecule has 3 fully saturated rings. The summed E-state index contributed by atoms with van der Waals surface area (Å²) >= 11 is 3.72. The maximum Gasteiger partial charge on any atom is 0.113 e. The Morgan fingerprint density at radius 3 is 0.976 bits per heavy atom. The molecule has 0 radical (unpaired) electrons. The van der Waals surface area contributed by atoms with Gasteiger partial charge in [0, 0.05) is 18.3 Å². The number of benzene rings is 1. The van der Waals surface area contributed by atoms with Crippen molar-refractivity contribution in [2.75, 3.05) is 19.8 Å². The molecule has 3 aliphatic heterocycles. The van der Waals surface area contributed by atoms with Crippen LogP contribution < -0.4 is 0 Å². The highest BCUT2D eigenvalue weighted by Crippen LogP contribution is 2.48. The zero-order valence-electron chi connectivity index (χ0n) is 21.2. The number of ether oxygens (including phenoxy) is 3. The molecule has 12 N–H and O–H groups in total. The number of aliphatic hydroxyl groups excluding tert-OH is 12. The summed E-state index contributed by atoms with van der Waals surface area (Å²) in [5.74, 6) is 0. The smallest absolute Gasteiger partial charge is 0.113 e. The zero-order valence-corrected chi connectivity index (χ0v) is 25.5. The third-order valence-electron chi connectivity index (χ3n) is 7.88. The minimum Gasteiger partial charge on any atom is -0.394 e. The van der Waals surface area contributed by atoms with Crippen LogP contribution in [0.1, 0.15) is 35.0 Å². The van der Waals surface area contributed by atoms with E-state index in [0.29, 0.717) is 7.14 Å². The Morgan fingerprint density at radius 2 is 0.707 bits per heavy atom. The van der Waals surface area contributed by atoms with Crippen LogP contribution in [0.3, 0.4) is 0 Å². The molecule has 0 spiro atoms. The van der Waals surface area contributed by atoms with Gasteiger partial charge in [0.05, 0.1) is 19.8 Å².